The summed E-state index contributed by atoms with van der Waals surface area (Å²) in [5, 5.41) is 13.0. The molecule has 1 heterocycles. The highest BCUT2D eigenvalue weighted by Crippen LogP contribution is 2.24. The van der Waals surface area contributed by atoms with Crippen LogP contribution < -0.4 is 5.73 Å². The Bertz CT molecular complexity index is 232. The number of nitro groups is 1. The molecule has 5 heteroatoms. The summed E-state index contributed by atoms with van der Waals surface area (Å²) in [6.45, 7) is 0. The van der Waals surface area contributed by atoms with E-state index in [1.807, 2.05) is 0 Å². The predicted octanol–water partition coefficient (Wildman–Crippen LogP) is 1.24. The second-order valence-corrected chi connectivity index (χ2v) is 2.21. The van der Waals surface area contributed by atoms with Gasteiger partial charge in [0.1, 0.15) is 5.69 Å². The number of rotatable bonds is 1. The third-order valence-electron chi connectivity index (χ3n) is 0.867. The van der Waals surface area contributed by atoms with Gasteiger partial charge in [0, 0.05) is 5.38 Å². The third kappa shape index (κ3) is 0.996. The molecule has 9 heavy (non-hydrogen) atoms. The molecule has 0 atom stereocenters. The second-order valence-electron chi connectivity index (χ2n) is 1.47. The maximum absolute atomic E-state index is 10.0. The van der Waals surface area contributed by atoms with Gasteiger partial charge in [-0.2, -0.15) is 0 Å². The highest BCUT2D eigenvalue weighted by Gasteiger charge is 2.09. The summed E-state index contributed by atoms with van der Waals surface area (Å²) in [5.74, 6) is 0. The van der Waals surface area contributed by atoms with Crippen molar-refractivity contribution >= 4 is 22.7 Å². The second kappa shape index (κ2) is 2.02. The van der Waals surface area contributed by atoms with E-state index in [4.69, 9.17) is 5.73 Å². The molecule has 1 rings (SSSR count). The number of nitrogens with two attached hydrogens (primary N) is 1. The predicted molar refractivity (Wildman–Crippen MR) is 35.4 cm³/mol. The van der Waals surface area contributed by atoms with E-state index < -0.39 is 4.92 Å². The molecule has 0 saturated heterocycles. The Kier molecular flexibility index (Phi) is 1.35. The summed E-state index contributed by atoms with van der Waals surface area (Å²) >= 11 is 1.23. The summed E-state index contributed by atoms with van der Waals surface area (Å²) in [7, 11) is 0. The van der Waals surface area contributed by atoms with Crippen LogP contribution in [0.25, 0.3) is 0 Å². The molecular weight excluding hydrogens is 140 g/mol. The minimum Gasteiger partial charge on any atom is -0.392 e. The summed E-state index contributed by atoms with van der Waals surface area (Å²) in [6.07, 6.45) is 0. The van der Waals surface area contributed by atoms with Gasteiger partial charge >= 0.3 is 5.69 Å². The number of nitrogens with zero attached hydrogens (tertiary/aromatic N) is 1. The van der Waals surface area contributed by atoms with E-state index in [0.29, 0.717) is 0 Å². The molecule has 0 aliphatic carbocycles. The molecule has 1 aromatic rings. The summed E-state index contributed by atoms with van der Waals surface area (Å²) in [4.78, 5) is 9.52. The molecule has 48 valence electrons. The lowest BCUT2D eigenvalue weighted by atomic mass is 10.5. The zero-order chi connectivity index (χ0) is 6.85. The van der Waals surface area contributed by atoms with Gasteiger partial charge in [0.05, 0.1) is 10.3 Å². The molecule has 0 fully saturated rings. The Morgan fingerprint density at radius 3 is 2.56 bits per heavy atom. The van der Waals surface area contributed by atoms with Crippen LogP contribution in [-0.4, -0.2) is 4.92 Å². The maximum Gasteiger partial charge on any atom is 0.302 e. The third-order valence-corrected chi connectivity index (χ3v) is 1.62. The summed E-state index contributed by atoms with van der Waals surface area (Å²) < 4.78 is 0. The van der Waals surface area contributed by atoms with Crippen LogP contribution in [0.3, 0.4) is 0 Å². The average Bonchev–Trinajstić information content (AvgIpc) is 2.13. The first-order valence-electron chi connectivity index (χ1n) is 2.18. The van der Waals surface area contributed by atoms with E-state index in [0.717, 1.165) is 0 Å². The Balaban J connectivity index is 3.08. The fraction of sp³-hybridized carbons (Fsp3) is 0. The normalized spacial score (nSPS) is 9.33. The molecular formula is C4H4N2O2S. The molecule has 2 N–H and O–H groups in total. The quantitative estimate of drug-likeness (QED) is 0.476. The fourth-order valence-electron chi connectivity index (χ4n) is 0.449. The highest BCUT2D eigenvalue weighted by molar-refractivity contribution is 7.08. The smallest absolute Gasteiger partial charge is 0.302 e. The number of anilines is 1. The zero-order valence-electron chi connectivity index (χ0n) is 4.40. The standard InChI is InChI=1S/C4H4N2O2S/c5-3-1-9-2-4(3)6(7)8/h1-2H,5H2. The van der Waals surface area contributed by atoms with Crippen molar-refractivity contribution in [1.29, 1.82) is 0 Å². The van der Waals surface area contributed by atoms with Crippen LogP contribution in [0, 0.1) is 10.1 Å². The average molecular weight is 144 g/mol. The molecule has 0 aliphatic rings. The van der Waals surface area contributed by atoms with Crippen molar-refractivity contribution in [2.75, 3.05) is 5.73 Å². The van der Waals surface area contributed by atoms with E-state index in [9.17, 15) is 10.1 Å². The van der Waals surface area contributed by atoms with Crippen LogP contribution in [0.2, 0.25) is 0 Å². The van der Waals surface area contributed by atoms with Gasteiger partial charge in [-0.15, -0.1) is 11.3 Å². The number of thiophene rings is 1. The highest BCUT2D eigenvalue weighted by atomic mass is 32.1. The van der Waals surface area contributed by atoms with Crippen molar-refractivity contribution in [2.45, 2.75) is 0 Å². The molecule has 0 aliphatic heterocycles. The van der Waals surface area contributed by atoms with Crippen molar-refractivity contribution in [3.05, 3.63) is 20.9 Å². The van der Waals surface area contributed by atoms with E-state index in [1.165, 1.54) is 22.1 Å². The Labute approximate surface area is 55.1 Å². The van der Waals surface area contributed by atoms with Crippen LogP contribution in [0.5, 0.6) is 0 Å². The molecule has 0 bridgehead atoms. The Morgan fingerprint density at radius 1 is 1.67 bits per heavy atom. The van der Waals surface area contributed by atoms with Crippen LogP contribution in [-0.2, 0) is 0 Å². The fourth-order valence-corrected chi connectivity index (χ4v) is 1.14. The van der Waals surface area contributed by atoms with Crippen molar-refractivity contribution in [3.8, 4) is 0 Å². The van der Waals surface area contributed by atoms with Gasteiger partial charge in [-0.25, -0.2) is 0 Å². The lowest BCUT2D eigenvalue weighted by molar-refractivity contribution is -0.383. The minimum atomic E-state index is -0.494. The largest absolute Gasteiger partial charge is 0.392 e. The van der Waals surface area contributed by atoms with Crippen LogP contribution in [0.15, 0.2) is 10.8 Å². The first-order chi connectivity index (χ1) is 4.22. The molecule has 0 aromatic carbocycles. The van der Waals surface area contributed by atoms with Crippen molar-refractivity contribution in [1.82, 2.24) is 0 Å². The number of nitrogen functional groups attached to an aromatic ring is 1. The lowest BCUT2D eigenvalue weighted by Gasteiger charge is -1.83. The van der Waals surface area contributed by atoms with Gasteiger partial charge in [0.25, 0.3) is 0 Å². The lowest BCUT2D eigenvalue weighted by Crippen LogP contribution is -1.90. The van der Waals surface area contributed by atoms with Crippen molar-refractivity contribution in [3.63, 3.8) is 0 Å². The molecule has 0 saturated carbocycles. The van der Waals surface area contributed by atoms with Gasteiger partial charge in [-0.05, 0) is 0 Å². The Hall–Kier alpha value is -1.10. The summed E-state index contributed by atoms with van der Waals surface area (Å²) in [6, 6.07) is 0. The minimum absolute atomic E-state index is 0.000000000000000222. The summed E-state index contributed by atoms with van der Waals surface area (Å²) in [5.41, 5.74) is 5.45. The van der Waals surface area contributed by atoms with Gasteiger partial charge in [0.2, 0.25) is 0 Å². The molecule has 4 nitrogen and oxygen atoms in total. The van der Waals surface area contributed by atoms with Crippen LogP contribution in [0.4, 0.5) is 11.4 Å². The van der Waals surface area contributed by atoms with Crippen LogP contribution >= 0.6 is 11.3 Å². The van der Waals surface area contributed by atoms with E-state index in [2.05, 4.69) is 0 Å². The molecule has 0 spiro atoms. The maximum atomic E-state index is 10.0. The van der Waals surface area contributed by atoms with Crippen molar-refractivity contribution in [2.24, 2.45) is 0 Å². The topological polar surface area (TPSA) is 69.2 Å². The van der Waals surface area contributed by atoms with E-state index in [-0.39, 0.29) is 11.4 Å². The van der Waals surface area contributed by atoms with Gasteiger partial charge < -0.3 is 5.73 Å². The Morgan fingerprint density at radius 2 is 2.33 bits per heavy atom. The molecule has 0 radical (unpaired) electrons. The molecule has 1 aromatic heterocycles. The SMILES string of the molecule is Nc1cscc1[N+](=O)[O-]. The van der Waals surface area contributed by atoms with Gasteiger partial charge in [0.15, 0.2) is 0 Å². The van der Waals surface area contributed by atoms with Crippen molar-refractivity contribution < 1.29 is 4.92 Å². The first-order valence-corrected chi connectivity index (χ1v) is 3.12. The van der Waals surface area contributed by atoms with E-state index in [1.54, 1.807) is 0 Å². The molecule has 0 unspecified atom stereocenters. The molecule has 0 amide bonds. The number of hydrogen-bond donors (Lipinski definition) is 1. The van der Waals surface area contributed by atoms with E-state index >= 15 is 0 Å². The zero-order valence-corrected chi connectivity index (χ0v) is 5.22. The van der Waals surface area contributed by atoms with Gasteiger partial charge in [-0.3, -0.25) is 10.1 Å². The monoisotopic (exact) mass is 144 g/mol. The van der Waals surface area contributed by atoms with Gasteiger partial charge in [-0.1, -0.05) is 0 Å². The van der Waals surface area contributed by atoms with Crippen LogP contribution in [0.1, 0.15) is 0 Å². The number of hydrogen-bond acceptors (Lipinski definition) is 4. The first kappa shape index (κ1) is 6.03.